The average molecular weight is 409 g/mol. The van der Waals surface area contributed by atoms with E-state index in [0.717, 1.165) is 16.8 Å². The number of sulfonamides is 1. The fourth-order valence-corrected chi connectivity index (χ4v) is 3.30. The van der Waals surface area contributed by atoms with Gasteiger partial charge in [0.1, 0.15) is 5.75 Å². The average Bonchev–Trinajstić information content (AvgIpc) is 2.65. The molecule has 0 aromatic heterocycles. The Kier molecular flexibility index (Phi) is 7.15. The summed E-state index contributed by atoms with van der Waals surface area (Å²) >= 11 is 1.60. The van der Waals surface area contributed by atoms with Gasteiger partial charge in [0.15, 0.2) is 6.10 Å². The van der Waals surface area contributed by atoms with E-state index in [1.54, 1.807) is 36.0 Å². The summed E-state index contributed by atoms with van der Waals surface area (Å²) in [5, 5.41) is 2.87. The van der Waals surface area contributed by atoms with Gasteiger partial charge < -0.3 is 10.1 Å². The van der Waals surface area contributed by atoms with Crippen molar-refractivity contribution in [3.8, 4) is 5.75 Å². The molecule has 0 saturated carbocycles. The van der Waals surface area contributed by atoms with Crippen LogP contribution in [0.2, 0.25) is 0 Å². The Labute approximate surface area is 165 Å². The highest BCUT2D eigenvalue weighted by Gasteiger charge is 2.19. The lowest BCUT2D eigenvalue weighted by atomic mass is 10.2. The minimum absolute atomic E-state index is 0.229. The van der Waals surface area contributed by atoms with Crippen LogP contribution in [-0.4, -0.2) is 40.0 Å². The Hall–Kier alpha value is -2.19. The first-order valence-electron chi connectivity index (χ1n) is 8.40. The van der Waals surface area contributed by atoms with Crippen LogP contribution in [-0.2, 0) is 14.8 Å². The highest BCUT2D eigenvalue weighted by molar-refractivity contribution is 7.98. The summed E-state index contributed by atoms with van der Waals surface area (Å²) in [6, 6.07) is 14.2. The van der Waals surface area contributed by atoms with Crippen LogP contribution in [0.3, 0.4) is 0 Å². The summed E-state index contributed by atoms with van der Waals surface area (Å²) in [6.07, 6.45) is 2.96. The number of anilines is 2. The van der Waals surface area contributed by atoms with Crippen LogP contribution >= 0.6 is 11.8 Å². The number of carbonyl (C=O) groups is 1. The third-order valence-corrected chi connectivity index (χ3v) is 5.91. The standard InChI is InChI=1S/C19H24N2O4S2/c1-5-18(19(22)20-14-7-6-8-17(13-14)26-3)25-16-11-9-15(10-12-16)21(2)27(4,23)24/h6-13,18H,5H2,1-4H3,(H,20,22)/t18-/m0/s1. The Balaban J connectivity index is 2.06. The molecule has 1 N–H and O–H groups in total. The molecule has 8 heteroatoms. The number of ether oxygens (including phenoxy) is 1. The van der Waals surface area contributed by atoms with Crippen molar-refractivity contribution in [1.29, 1.82) is 0 Å². The van der Waals surface area contributed by atoms with E-state index in [-0.39, 0.29) is 5.91 Å². The number of amides is 1. The highest BCUT2D eigenvalue weighted by atomic mass is 32.2. The zero-order chi connectivity index (χ0) is 20.0. The second-order valence-corrected chi connectivity index (χ2v) is 8.85. The fraction of sp³-hybridized carbons (Fsp3) is 0.316. The molecule has 0 unspecified atom stereocenters. The lowest BCUT2D eigenvalue weighted by molar-refractivity contribution is -0.122. The first kappa shape index (κ1) is 21.1. The number of nitrogens with one attached hydrogen (secondary N) is 1. The predicted molar refractivity (Wildman–Crippen MR) is 111 cm³/mol. The Morgan fingerprint density at radius 2 is 1.89 bits per heavy atom. The lowest BCUT2D eigenvalue weighted by Crippen LogP contribution is -2.32. The van der Waals surface area contributed by atoms with Gasteiger partial charge in [-0.05, 0) is 55.1 Å². The molecule has 2 rings (SSSR count). The summed E-state index contributed by atoms with van der Waals surface area (Å²) in [5.74, 6) is 0.272. The second kappa shape index (κ2) is 9.14. The fourth-order valence-electron chi connectivity index (χ4n) is 2.34. The molecule has 0 spiro atoms. The topological polar surface area (TPSA) is 75.7 Å². The van der Waals surface area contributed by atoms with Crippen LogP contribution in [0.15, 0.2) is 53.4 Å². The molecular weight excluding hydrogens is 384 g/mol. The molecule has 0 radical (unpaired) electrons. The molecule has 0 bridgehead atoms. The van der Waals surface area contributed by atoms with Crippen molar-refractivity contribution in [1.82, 2.24) is 0 Å². The van der Waals surface area contributed by atoms with Crippen LogP contribution < -0.4 is 14.4 Å². The second-order valence-electron chi connectivity index (χ2n) is 5.96. The monoisotopic (exact) mass is 408 g/mol. The molecule has 0 aliphatic carbocycles. The molecule has 0 fully saturated rings. The summed E-state index contributed by atoms with van der Waals surface area (Å²) in [7, 11) is -1.84. The normalized spacial score (nSPS) is 12.3. The van der Waals surface area contributed by atoms with Crippen molar-refractivity contribution in [3.63, 3.8) is 0 Å². The highest BCUT2D eigenvalue weighted by Crippen LogP contribution is 2.23. The molecule has 0 aliphatic rings. The van der Waals surface area contributed by atoms with Crippen molar-refractivity contribution in [2.45, 2.75) is 24.3 Å². The van der Waals surface area contributed by atoms with Crippen molar-refractivity contribution >= 4 is 39.1 Å². The smallest absolute Gasteiger partial charge is 0.265 e. The SMILES string of the molecule is CC[C@H](Oc1ccc(N(C)S(C)(=O)=O)cc1)C(=O)Nc1cccc(SC)c1. The number of benzene rings is 2. The molecule has 0 saturated heterocycles. The van der Waals surface area contributed by atoms with Crippen molar-refractivity contribution in [3.05, 3.63) is 48.5 Å². The zero-order valence-corrected chi connectivity index (χ0v) is 17.4. The third-order valence-electron chi connectivity index (χ3n) is 3.98. The van der Waals surface area contributed by atoms with Gasteiger partial charge in [0.25, 0.3) is 5.91 Å². The molecule has 1 amide bonds. The maximum atomic E-state index is 12.5. The molecule has 0 aliphatic heterocycles. The van der Waals surface area contributed by atoms with E-state index in [9.17, 15) is 13.2 Å². The van der Waals surface area contributed by atoms with Crippen molar-refractivity contribution in [2.24, 2.45) is 0 Å². The number of nitrogens with zero attached hydrogens (tertiary/aromatic N) is 1. The van der Waals surface area contributed by atoms with Crippen LogP contribution in [0.5, 0.6) is 5.75 Å². The maximum Gasteiger partial charge on any atom is 0.265 e. The summed E-state index contributed by atoms with van der Waals surface area (Å²) in [5.41, 5.74) is 1.25. The van der Waals surface area contributed by atoms with Gasteiger partial charge in [-0.15, -0.1) is 11.8 Å². The van der Waals surface area contributed by atoms with E-state index >= 15 is 0 Å². The minimum Gasteiger partial charge on any atom is -0.481 e. The van der Waals surface area contributed by atoms with Gasteiger partial charge in [0.05, 0.1) is 11.9 Å². The number of carbonyl (C=O) groups excluding carboxylic acids is 1. The summed E-state index contributed by atoms with van der Waals surface area (Å²) in [6.45, 7) is 1.87. The van der Waals surface area contributed by atoms with Crippen LogP contribution in [0.4, 0.5) is 11.4 Å². The van der Waals surface area contributed by atoms with E-state index in [2.05, 4.69) is 5.32 Å². The maximum absolute atomic E-state index is 12.5. The molecule has 2 aromatic rings. The van der Waals surface area contributed by atoms with E-state index in [1.807, 2.05) is 37.4 Å². The van der Waals surface area contributed by atoms with E-state index in [1.165, 1.54) is 11.4 Å². The zero-order valence-electron chi connectivity index (χ0n) is 15.8. The van der Waals surface area contributed by atoms with Gasteiger partial charge in [0, 0.05) is 17.6 Å². The molecule has 146 valence electrons. The Morgan fingerprint density at radius 3 is 2.44 bits per heavy atom. The predicted octanol–water partition coefficient (Wildman–Crippen LogP) is 3.60. The van der Waals surface area contributed by atoms with E-state index in [4.69, 9.17) is 4.74 Å². The number of rotatable bonds is 8. The lowest BCUT2D eigenvalue weighted by Gasteiger charge is -2.19. The van der Waals surface area contributed by atoms with Crippen LogP contribution in [0.25, 0.3) is 0 Å². The van der Waals surface area contributed by atoms with E-state index < -0.39 is 16.1 Å². The number of hydrogen-bond acceptors (Lipinski definition) is 5. The largest absolute Gasteiger partial charge is 0.481 e. The van der Waals surface area contributed by atoms with Crippen molar-refractivity contribution in [2.75, 3.05) is 29.2 Å². The van der Waals surface area contributed by atoms with Crippen LogP contribution in [0.1, 0.15) is 13.3 Å². The van der Waals surface area contributed by atoms with Crippen LogP contribution in [0, 0.1) is 0 Å². The first-order valence-corrected chi connectivity index (χ1v) is 11.5. The molecule has 0 heterocycles. The molecule has 2 aromatic carbocycles. The Bertz CT molecular complexity index is 883. The summed E-state index contributed by atoms with van der Waals surface area (Å²) < 4.78 is 30.1. The first-order chi connectivity index (χ1) is 12.7. The number of thioether (sulfide) groups is 1. The van der Waals surface area contributed by atoms with Gasteiger partial charge in [-0.25, -0.2) is 8.42 Å². The van der Waals surface area contributed by atoms with Crippen molar-refractivity contribution < 1.29 is 17.9 Å². The van der Waals surface area contributed by atoms with Gasteiger partial charge in [-0.2, -0.15) is 0 Å². The van der Waals surface area contributed by atoms with Gasteiger partial charge in [0.2, 0.25) is 10.0 Å². The molecule has 6 nitrogen and oxygen atoms in total. The molecule has 27 heavy (non-hydrogen) atoms. The minimum atomic E-state index is -3.32. The van der Waals surface area contributed by atoms with E-state index in [0.29, 0.717) is 17.9 Å². The Morgan fingerprint density at radius 1 is 1.22 bits per heavy atom. The van der Waals surface area contributed by atoms with Gasteiger partial charge in [-0.1, -0.05) is 13.0 Å². The summed E-state index contributed by atoms with van der Waals surface area (Å²) in [4.78, 5) is 13.6. The molecular formula is C19H24N2O4S2. The molecule has 1 atom stereocenters. The quantitative estimate of drug-likeness (QED) is 0.676. The van der Waals surface area contributed by atoms with Gasteiger partial charge in [-0.3, -0.25) is 9.10 Å². The van der Waals surface area contributed by atoms with Gasteiger partial charge >= 0.3 is 0 Å². The number of hydrogen-bond donors (Lipinski definition) is 1. The third kappa shape index (κ3) is 5.90.